The fourth-order valence-electron chi connectivity index (χ4n) is 12.2. The van der Waals surface area contributed by atoms with E-state index in [1.807, 2.05) is 0 Å². The number of aromatic hydroxyl groups is 1. The summed E-state index contributed by atoms with van der Waals surface area (Å²) >= 11 is 0. The number of fused-ring (bicyclic) bond motifs is 7. The number of phenols is 1. The summed E-state index contributed by atoms with van der Waals surface area (Å²) in [6.07, 6.45) is 14.2. The maximum Gasteiger partial charge on any atom is 0.331 e. The van der Waals surface area contributed by atoms with Crippen molar-refractivity contribution < 1.29 is 29.3 Å². The van der Waals surface area contributed by atoms with E-state index in [4.69, 9.17) is 9.47 Å². The molecule has 2 N–H and O–H groups in total. The van der Waals surface area contributed by atoms with E-state index in [9.17, 15) is 19.8 Å². The van der Waals surface area contributed by atoms with E-state index in [1.165, 1.54) is 18.8 Å². The van der Waals surface area contributed by atoms with Crippen LogP contribution in [0.25, 0.3) is 6.08 Å². The van der Waals surface area contributed by atoms with Crippen molar-refractivity contribution in [3.8, 4) is 11.5 Å². The van der Waals surface area contributed by atoms with Gasteiger partial charge in [0.2, 0.25) is 0 Å². The average Bonchev–Trinajstić information content (AvgIpc) is 3.00. The van der Waals surface area contributed by atoms with Gasteiger partial charge in [0.1, 0.15) is 6.10 Å². The van der Waals surface area contributed by atoms with E-state index in [0.717, 1.165) is 63.4 Å². The van der Waals surface area contributed by atoms with E-state index in [-0.39, 0.29) is 45.4 Å². The Morgan fingerprint density at radius 1 is 0.935 bits per heavy atom. The maximum absolute atomic E-state index is 13.1. The van der Waals surface area contributed by atoms with Gasteiger partial charge in [-0.15, -0.1) is 0 Å². The molecule has 6 rings (SSSR count). The molecule has 0 aromatic heterocycles. The minimum Gasteiger partial charge on any atom is -0.504 e. The van der Waals surface area contributed by atoms with Gasteiger partial charge in [-0.05, 0) is 127 Å². The van der Waals surface area contributed by atoms with E-state index in [0.29, 0.717) is 29.4 Å². The standard InChI is InChI=1S/C40H56O6/c1-24-15-20-40(35(43)44)22-21-38(6)27(34(40)25(24)2)11-13-31-37(5)18-17-32(36(3,4)30(37)16-19-39(31,38)7)46-33(42)14-10-26-9-12-28(41)29(23-26)45-8/h9-12,14,23-25,30-32,34,41H,13,15-22H2,1-8H3,(H,43,44)/b14-10+/t24-,25+,30+,31-,32+,34+,37+,38-,39-,40+/m1/s1. The Bertz CT molecular complexity index is 1460. The Morgan fingerprint density at radius 2 is 1.67 bits per heavy atom. The zero-order chi connectivity index (χ0) is 33.4. The van der Waals surface area contributed by atoms with Gasteiger partial charge < -0.3 is 19.7 Å². The summed E-state index contributed by atoms with van der Waals surface area (Å²) in [7, 11) is 1.50. The lowest BCUT2D eigenvalue weighted by molar-refractivity contribution is -0.213. The molecule has 4 fully saturated rings. The molecule has 5 aliphatic carbocycles. The molecule has 0 bridgehead atoms. The second kappa shape index (κ2) is 11.2. The first-order valence-electron chi connectivity index (χ1n) is 17.7. The van der Waals surface area contributed by atoms with E-state index in [1.54, 1.807) is 24.3 Å². The Labute approximate surface area is 276 Å². The van der Waals surface area contributed by atoms with Crippen LogP contribution < -0.4 is 4.74 Å². The lowest BCUT2D eigenvalue weighted by atomic mass is 9.33. The van der Waals surface area contributed by atoms with Gasteiger partial charge in [0.15, 0.2) is 11.5 Å². The molecule has 0 heterocycles. The van der Waals surface area contributed by atoms with Crippen molar-refractivity contribution in [2.24, 2.45) is 56.7 Å². The number of methoxy groups -OCH3 is 1. The van der Waals surface area contributed by atoms with Crippen LogP contribution >= 0.6 is 0 Å². The van der Waals surface area contributed by atoms with Crippen LogP contribution in [0.2, 0.25) is 0 Å². The Kier molecular flexibility index (Phi) is 8.04. The van der Waals surface area contributed by atoms with Gasteiger partial charge in [-0.25, -0.2) is 4.79 Å². The molecule has 6 nitrogen and oxygen atoms in total. The Balaban J connectivity index is 1.25. The topological polar surface area (TPSA) is 93.1 Å². The molecule has 46 heavy (non-hydrogen) atoms. The molecule has 0 amide bonds. The monoisotopic (exact) mass is 632 g/mol. The van der Waals surface area contributed by atoms with Crippen molar-refractivity contribution in [3.63, 3.8) is 0 Å². The Hall–Kier alpha value is -2.76. The molecule has 1 aromatic rings. The summed E-state index contributed by atoms with van der Waals surface area (Å²) in [5.74, 6) is 1.47. The lowest BCUT2D eigenvalue weighted by Crippen LogP contribution is -2.65. The molecule has 0 saturated heterocycles. The largest absolute Gasteiger partial charge is 0.504 e. The molecule has 0 radical (unpaired) electrons. The molecule has 1 aromatic carbocycles. The van der Waals surface area contributed by atoms with Gasteiger partial charge in [-0.2, -0.15) is 0 Å². The molecule has 0 aliphatic heterocycles. The van der Waals surface area contributed by atoms with Crippen molar-refractivity contribution in [1.29, 1.82) is 0 Å². The molecule has 0 spiro atoms. The third-order valence-corrected chi connectivity index (χ3v) is 15.2. The van der Waals surface area contributed by atoms with E-state index >= 15 is 0 Å². The van der Waals surface area contributed by atoms with Crippen LogP contribution in [0.4, 0.5) is 0 Å². The molecular weight excluding hydrogens is 576 g/mol. The number of rotatable bonds is 5. The number of hydrogen-bond donors (Lipinski definition) is 2. The molecule has 252 valence electrons. The SMILES string of the molecule is COc1cc(/C=C/C(=O)O[C@H]2CC[C@]3(C)[C@H]4CC=C5[C@@H]6[C@@H](C)[C@H](C)CC[C@]6(C(=O)O)CC[C@@]5(C)[C@]4(C)CC[C@H]3C2(C)C)ccc1O. The van der Waals surface area contributed by atoms with Crippen LogP contribution in [0, 0.1) is 56.7 Å². The smallest absolute Gasteiger partial charge is 0.331 e. The summed E-state index contributed by atoms with van der Waals surface area (Å²) in [4.78, 5) is 26.1. The fraction of sp³-hybridized carbons (Fsp3) is 0.700. The zero-order valence-electron chi connectivity index (χ0n) is 29.3. The van der Waals surface area contributed by atoms with Crippen LogP contribution in [-0.4, -0.2) is 35.4 Å². The predicted octanol–water partition coefficient (Wildman–Crippen LogP) is 9.07. The van der Waals surface area contributed by atoms with Gasteiger partial charge in [-0.3, -0.25) is 4.79 Å². The van der Waals surface area contributed by atoms with Gasteiger partial charge >= 0.3 is 11.9 Å². The van der Waals surface area contributed by atoms with Crippen LogP contribution in [0.3, 0.4) is 0 Å². The normalized spacial score (nSPS) is 42.9. The third kappa shape index (κ3) is 4.62. The molecule has 4 saturated carbocycles. The minimum atomic E-state index is -0.617. The number of carboxylic acids is 1. The van der Waals surface area contributed by atoms with Crippen LogP contribution in [0.15, 0.2) is 35.9 Å². The van der Waals surface area contributed by atoms with E-state index < -0.39 is 11.4 Å². The van der Waals surface area contributed by atoms with Crippen molar-refractivity contribution in [2.75, 3.05) is 7.11 Å². The van der Waals surface area contributed by atoms with Crippen LogP contribution in [0.5, 0.6) is 11.5 Å². The van der Waals surface area contributed by atoms with Crippen molar-refractivity contribution >= 4 is 18.0 Å². The molecule has 6 heteroatoms. The highest BCUT2D eigenvalue weighted by Gasteiger charge is 2.69. The average molecular weight is 633 g/mol. The number of carbonyl (C=O) groups is 2. The number of ether oxygens (including phenoxy) is 2. The highest BCUT2D eigenvalue weighted by molar-refractivity contribution is 5.87. The van der Waals surface area contributed by atoms with Gasteiger partial charge in [0.25, 0.3) is 0 Å². The number of benzene rings is 1. The van der Waals surface area contributed by atoms with Crippen molar-refractivity contribution in [3.05, 3.63) is 41.5 Å². The van der Waals surface area contributed by atoms with Gasteiger partial charge in [0.05, 0.1) is 12.5 Å². The van der Waals surface area contributed by atoms with E-state index in [2.05, 4.69) is 54.5 Å². The Morgan fingerprint density at radius 3 is 2.37 bits per heavy atom. The predicted molar refractivity (Wildman–Crippen MR) is 180 cm³/mol. The van der Waals surface area contributed by atoms with Gasteiger partial charge in [0, 0.05) is 11.5 Å². The number of allylic oxidation sites excluding steroid dienone is 2. The second-order valence-electron chi connectivity index (χ2n) is 17.2. The van der Waals surface area contributed by atoms with Crippen molar-refractivity contribution in [2.45, 2.75) is 112 Å². The second-order valence-corrected chi connectivity index (χ2v) is 17.2. The first-order chi connectivity index (χ1) is 21.5. The number of hydrogen-bond acceptors (Lipinski definition) is 5. The molecule has 10 atom stereocenters. The highest BCUT2D eigenvalue weighted by atomic mass is 16.5. The van der Waals surface area contributed by atoms with Gasteiger partial charge in [-0.1, -0.05) is 66.2 Å². The van der Waals surface area contributed by atoms with Crippen LogP contribution in [-0.2, 0) is 14.3 Å². The zero-order valence-corrected chi connectivity index (χ0v) is 29.3. The molecular formula is C40H56O6. The fourth-order valence-corrected chi connectivity index (χ4v) is 12.2. The quantitative estimate of drug-likeness (QED) is 0.191. The summed E-state index contributed by atoms with van der Waals surface area (Å²) < 4.78 is 11.4. The highest BCUT2D eigenvalue weighted by Crippen LogP contribution is 2.75. The van der Waals surface area contributed by atoms with Crippen molar-refractivity contribution in [1.82, 2.24) is 0 Å². The number of phenolic OH excluding ortho intramolecular Hbond substituents is 1. The number of aliphatic carboxylic acids is 1. The first kappa shape index (κ1) is 33.2. The first-order valence-corrected chi connectivity index (χ1v) is 17.7. The van der Waals surface area contributed by atoms with Crippen LogP contribution in [0.1, 0.15) is 112 Å². The lowest BCUT2D eigenvalue weighted by Gasteiger charge is -2.71. The number of carboxylic acid groups (broad SMARTS) is 1. The minimum absolute atomic E-state index is 0.00596. The third-order valence-electron chi connectivity index (χ3n) is 15.2. The summed E-state index contributed by atoms with van der Waals surface area (Å²) in [5.41, 5.74) is 1.63. The molecule has 0 unspecified atom stereocenters. The summed E-state index contributed by atoms with van der Waals surface area (Å²) in [6.45, 7) is 16.9. The molecule has 5 aliphatic rings. The number of esters is 1. The maximum atomic E-state index is 13.1. The summed E-state index contributed by atoms with van der Waals surface area (Å²) in [6, 6.07) is 4.99. The number of carbonyl (C=O) groups excluding carboxylic acids is 1. The summed E-state index contributed by atoms with van der Waals surface area (Å²) in [5, 5.41) is 20.6.